The first-order chi connectivity index (χ1) is 14.5. The largest absolute Gasteiger partial charge is 0.486 e. The predicted octanol–water partition coefficient (Wildman–Crippen LogP) is 4.71. The van der Waals surface area contributed by atoms with Gasteiger partial charge < -0.3 is 9.15 Å². The van der Waals surface area contributed by atoms with E-state index in [9.17, 15) is 4.79 Å². The number of nitrogens with one attached hydrogen (secondary N) is 1. The smallest absolute Gasteiger partial charge is 0.293 e. The molecule has 0 atom stereocenters. The molecule has 0 unspecified atom stereocenters. The van der Waals surface area contributed by atoms with Crippen LogP contribution in [0.2, 0.25) is 5.02 Å². The molecule has 0 fully saturated rings. The van der Waals surface area contributed by atoms with Gasteiger partial charge in [-0.15, -0.1) is 5.10 Å². The van der Waals surface area contributed by atoms with Gasteiger partial charge in [-0.25, -0.2) is 9.67 Å². The Kier molecular flexibility index (Phi) is 5.81. The van der Waals surface area contributed by atoms with E-state index < -0.39 is 5.91 Å². The quantitative estimate of drug-likeness (QED) is 0.466. The average Bonchev–Trinajstić information content (AvgIpc) is 3.36. The first-order valence-corrected chi connectivity index (χ1v) is 9.66. The van der Waals surface area contributed by atoms with Crippen molar-refractivity contribution < 1.29 is 13.9 Å². The molecule has 0 saturated carbocycles. The Morgan fingerprint density at radius 3 is 2.87 bits per heavy atom. The number of hydrogen-bond acceptors (Lipinski definition) is 5. The molecule has 0 bridgehead atoms. The van der Waals surface area contributed by atoms with Crippen LogP contribution in [0.4, 0.5) is 5.95 Å². The number of benzene rings is 2. The van der Waals surface area contributed by atoms with Crippen molar-refractivity contribution in [2.24, 2.45) is 0 Å². The topological polar surface area (TPSA) is 82.2 Å². The molecular formula is C22H19ClN4O3. The number of rotatable bonds is 7. The zero-order chi connectivity index (χ0) is 20.9. The fourth-order valence-corrected chi connectivity index (χ4v) is 3.06. The minimum absolute atomic E-state index is 0.157. The molecule has 2 aromatic heterocycles. The molecule has 30 heavy (non-hydrogen) atoms. The Labute approximate surface area is 178 Å². The molecular weight excluding hydrogens is 404 g/mol. The fraction of sp³-hybridized carbons (Fsp3) is 0.136. The summed E-state index contributed by atoms with van der Waals surface area (Å²) in [5, 5.41) is 7.54. The molecule has 0 spiro atoms. The first-order valence-electron chi connectivity index (χ1n) is 9.28. The van der Waals surface area contributed by atoms with Crippen LogP contribution in [0.15, 0.2) is 71.4 Å². The van der Waals surface area contributed by atoms with Gasteiger partial charge in [-0.3, -0.25) is 10.1 Å². The van der Waals surface area contributed by atoms with Crippen molar-refractivity contribution >= 4 is 23.5 Å². The van der Waals surface area contributed by atoms with Gasteiger partial charge in [0.2, 0.25) is 5.95 Å². The molecule has 0 radical (unpaired) electrons. The Hall–Kier alpha value is -3.58. The standard InChI is InChI=1S/C22H19ClN4O3/c1-15-4-2-7-18(10-15)29-13-19-8-9-20(30-19)21(28)25-22-24-14-27(26-22)12-16-5-3-6-17(23)11-16/h2-11,14H,12-13H2,1H3,(H,25,26,28). The van der Waals surface area contributed by atoms with Crippen molar-refractivity contribution in [3.05, 3.63) is 94.7 Å². The van der Waals surface area contributed by atoms with Crippen LogP contribution in [0.25, 0.3) is 0 Å². The Balaban J connectivity index is 1.34. The lowest BCUT2D eigenvalue weighted by Crippen LogP contribution is -2.12. The number of amides is 1. The minimum Gasteiger partial charge on any atom is -0.486 e. The maximum atomic E-state index is 12.4. The summed E-state index contributed by atoms with van der Waals surface area (Å²) in [4.78, 5) is 16.5. The van der Waals surface area contributed by atoms with Gasteiger partial charge in [-0.2, -0.15) is 0 Å². The molecule has 0 aliphatic carbocycles. The first kappa shape index (κ1) is 19.7. The fourth-order valence-electron chi connectivity index (χ4n) is 2.85. The number of halogens is 1. The number of nitrogens with zero attached hydrogens (tertiary/aromatic N) is 3. The van der Waals surface area contributed by atoms with Crippen LogP contribution in [0.3, 0.4) is 0 Å². The second-order valence-electron chi connectivity index (χ2n) is 6.72. The van der Waals surface area contributed by atoms with Crippen LogP contribution in [0, 0.1) is 6.92 Å². The number of ether oxygens (including phenoxy) is 1. The summed E-state index contributed by atoms with van der Waals surface area (Å²) < 4.78 is 12.9. The van der Waals surface area contributed by atoms with Crippen LogP contribution in [0.5, 0.6) is 5.75 Å². The summed E-state index contributed by atoms with van der Waals surface area (Å²) in [5.74, 6) is 1.20. The van der Waals surface area contributed by atoms with Gasteiger partial charge in [0.05, 0.1) is 6.54 Å². The van der Waals surface area contributed by atoms with Gasteiger partial charge >= 0.3 is 0 Å². The molecule has 1 N–H and O–H groups in total. The van der Waals surface area contributed by atoms with Crippen LogP contribution in [0.1, 0.15) is 27.4 Å². The summed E-state index contributed by atoms with van der Waals surface area (Å²) in [6.45, 7) is 2.71. The number of carbonyl (C=O) groups excluding carboxylic acids is 1. The molecule has 2 aromatic carbocycles. The lowest BCUT2D eigenvalue weighted by atomic mass is 10.2. The van der Waals surface area contributed by atoms with E-state index in [4.69, 9.17) is 20.8 Å². The summed E-state index contributed by atoms with van der Waals surface area (Å²) in [6.07, 6.45) is 1.54. The summed E-state index contributed by atoms with van der Waals surface area (Å²) in [6, 6.07) is 18.5. The zero-order valence-corrected chi connectivity index (χ0v) is 17.0. The summed E-state index contributed by atoms with van der Waals surface area (Å²) >= 11 is 6.00. The molecule has 4 aromatic rings. The number of carbonyl (C=O) groups is 1. The van der Waals surface area contributed by atoms with E-state index >= 15 is 0 Å². The molecule has 7 nitrogen and oxygen atoms in total. The highest BCUT2D eigenvalue weighted by Crippen LogP contribution is 2.17. The Bertz CT molecular complexity index is 1170. The molecule has 4 rings (SSSR count). The van der Waals surface area contributed by atoms with Crippen LogP contribution in [-0.4, -0.2) is 20.7 Å². The third-order valence-electron chi connectivity index (χ3n) is 4.25. The van der Waals surface area contributed by atoms with Crippen molar-refractivity contribution in [1.82, 2.24) is 14.8 Å². The third kappa shape index (κ3) is 5.07. The highest BCUT2D eigenvalue weighted by atomic mass is 35.5. The number of hydrogen-bond donors (Lipinski definition) is 1. The van der Waals surface area contributed by atoms with Crippen molar-refractivity contribution in [3.63, 3.8) is 0 Å². The average molecular weight is 423 g/mol. The van der Waals surface area contributed by atoms with Crippen LogP contribution >= 0.6 is 11.6 Å². The molecule has 0 aliphatic heterocycles. The third-order valence-corrected chi connectivity index (χ3v) is 4.49. The molecule has 8 heteroatoms. The number of aryl methyl sites for hydroxylation is 1. The van der Waals surface area contributed by atoms with E-state index in [2.05, 4.69) is 15.4 Å². The van der Waals surface area contributed by atoms with Crippen molar-refractivity contribution in [2.75, 3.05) is 5.32 Å². The minimum atomic E-state index is -0.433. The molecule has 0 saturated heterocycles. The maximum absolute atomic E-state index is 12.4. The van der Waals surface area contributed by atoms with Crippen molar-refractivity contribution in [3.8, 4) is 5.75 Å². The SMILES string of the molecule is Cc1cccc(OCc2ccc(C(=O)Nc3ncn(Cc4cccc(Cl)c4)n3)o2)c1. The molecule has 0 aliphatic rings. The lowest BCUT2D eigenvalue weighted by molar-refractivity contribution is 0.0991. The van der Waals surface area contributed by atoms with Gasteiger partial charge in [0.15, 0.2) is 5.76 Å². The number of furan rings is 1. The van der Waals surface area contributed by atoms with Crippen LogP contribution < -0.4 is 10.1 Å². The van der Waals surface area contributed by atoms with E-state index in [1.54, 1.807) is 23.1 Å². The normalized spacial score (nSPS) is 10.7. The van der Waals surface area contributed by atoms with Gasteiger partial charge in [0.25, 0.3) is 5.91 Å². The Morgan fingerprint density at radius 1 is 1.17 bits per heavy atom. The number of aromatic nitrogens is 3. The van der Waals surface area contributed by atoms with Gasteiger partial charge in [0.1, 0.15) is 24.4 Å². The second kappa shape index (κ2) is 8.84. The van der Waals surface area contributed by atoms with Crippen molar-refractivity contribution in [1.29, 1.82) is 0 Å². The van der Waals surface area contributed by atoms with Crippen LogP contribution in [-0.2, 0) is 13.2 Å². The summed E-state index contributed by atoms with van der Waals surface area (Å²) in [7, 11) is 0. The maximum Gasteiger partial charge on any atom is 0.293 e. The molecule has 1 amide bonds. The van der Waals surface area contributed by atoms with E-state index in [1.165, 1.54) is 0 Å². The monoisotopic (exact) mass is 422 g/mol. The summed E-state index contributed by atoms with van der Waals surface area (Å²) in [5.41, 5.74) is 2.09. The number of anilines is 1. The van der Waals surface area contributed by atoms with Gasteiger partial charge in [-0.1, -0.05) is 35.9 Å². The van der Waals surface area contributed by atoms with E-state index in [-0.39, 0.29) is 18.3 Å². The van der Waals surface area contributed by atoms with Crippen molar-refractivity contribution in [2.45, 2.75) is 20.1 Å². The van der Waals surface area contributed by atoms with E-state index in [0.29, 0.717) is 17.3 Å². The highest BCUT2D eigenvalue weighted by Gasteiger charge is 2.14. The van der Waals surface area contributed by atoms with Gasteiger partial charge in [-0.05, 0) is 54.4 Å². The highest BCUT2D eigenvalue weighted by molar-refractivity contribution is 6.30. The zero-order valence-electron chi connectivity index (χ0n) is 16.2. The Morgan fingerprint density at radius 2 is 2.03 bits per heavy atom. The van der Waals surface area contributed by atoms with E-state index in [0.717, 1.165) is 16.9 Å². The molecule has 152 valence electrons. The second-order valence-corrected chi connectivity index (χ2v) is 7.16. The van der Waals surface area contributed by atoms with E-state index in [1.807, 2.05) is 55.5 Å². The lowest BCUT2D eigenvalue weighted by Gasteiger charge is -2.04. The predicted molar refractivity (Wildman–Crippen MR) is 113 cm³/mol. The molecule has 2 heterocycles. The van der Waals surface area contributed by atoms with Gasteiger partial charge in [0, 0.05) is 5.02 Å².